The monoisotopic (exact) mass is 264 g/mol. The number of hydrogen-bond donors (Lipinski definition) is 1. The molecule has 0 unspecified atom stereocenters. The van der Waals surface area contributed by atoms with Crippen LogP contribution >= 0.6 is 0 Å². The Balaban J connectivity index is 2.59. The molecule has 0 bridgehead atoms. The lowest BCUT2D eigenvalue weighted by Crippen LogP contribution is -2.39. The highest BCUT2D eigenvalue weighted by atomic mass is 16.5. The van der Waals surface area contributed by atoms with Crippen molar-refractivity contribution in [2.75, 3.05) is 18.9 Å². The van der Waals surface area contributed by atoms with Gasteiger partial charge in [-0.15, -0.1) is 0 Å². The van der Waals surface area contributed by atoms with Crippen molar-refractivity contribution in [3.05, 3.63) is 23.8 Å². The summed E-state index contributed by atoms with van der Waals surface area (Å²) in [6.07, 6.45) is 0.966. The van der Waals surface area contributed by atoms with Gasteiger partial charge < -0.3 is 10.5 Å². The first-order valence-electron chi connectivity index (χ1n) is 7.22. The van der Waals surface area contributed by atoms with Gasteiger partial charge in [-0.25, -0.2) is 0 Å². The van der Waals surface area contributed by atoms with E-state index in [1.54, 1.807) is 0 Å². The predicted octanol–water partition coefficient (Wildman–Crippen LogP) is 3.33. The number of rotatable bonds is 7. The Morgan fingerprint density at radius 2 is 1.79 bits per heavy atom. The fourth-order valence-corrected chi connectivity index (χ4v) is 2.37. The van der Waals surface area contributed by atoms with Crippen LogP contribution in [0.1, 0.15) is 40.2 Å². The van der Waals surface area contributed by atoms with Crippen LogP contribution in [0.3, 0.4) is 0 Å². The highest BCUT2D eigenvalue weighted by molar-refractivity contribution is 5.48. The lowest BCUT2D eigenvalue weighted by Gasteiger charge is -2.30. The van der Waals surface area contributed by atoms with Crippen molar-refractivity contribution in [1.29, 1.82) is 0 Å². The van der Waals surface area contributed by atoms with Gasteiger partial charge >= 0.3 is 0 Å². The van der Waals surface area contributed by atoms with Crippen molar-refractivity contribution < 1.29 is 4.74 Å². The van der Waals surface area contributed by atoms with Gasteiger partial charge in [0, 0.05) is 30.4 Å². The summed E-state index contributed by atoms with van der Waals surface area (Å²) in [5, 5.41) is 0. The van der Waals surface area contributed by atoms with Crippen LogP contribution in [0, 0.1) is 0 Å². The summed E-state index contributed by atoms with van der Waals surface area (Å²) in [6.45, 7) is 12.7. The average Bonchev–Trinajstić information content (AvgIpc) is 2.33. The molecule has 1 rings (SSSR count). The summed E-state index contributed by atoms with van der Waals surface area (Å²) >= 11 is 0. The molecule has 0 spiro atoms. The number of hydrogen-bond acceptors (Lipinski definition) is 3. The first-order valence-corrected chi connectivity index (χ1v) is 7.22. The molecule has 3 nitrogen and oxygen atoms in total. The molecule has 0 heterocycles. The van der Waals surface area contributed by atoms with Gasteiger partial charge in [0.25, 0.3) is 0 Å². The van der Waals surface area contributed by atoms with Crippen molar-refractivity contribution in [2.24, 2.45) is 0 Å². The van der Waals surface area contributed by atoms with Gasteiger partial charge in [-0.05, 0) is 45.7 Å². The summed E-state index contributed by atoms with van der Waals surface area (Å²) in [5.74, 6) is 0.926. The Morgan fingerprint density at radius 1 is 1.16 bits per heavy atom. The van der Waals surface area contributed by atoms with Crippen LogP contribution < -0.4 is 10.5 Å². The predicted molar refractivity (Wildman–Crippen MR) is 82.7 cm³/mol. The van der Waals surface area contributed by atoms with Gasteiger partial charge in [-0.2, -0.15) is 0 Å². The third-order valence-electron chi connectivity index (χ3n) is 3.41. The third kappa shape index (κ3) is 4.75. The van der Waals surface area contributed by atoms with Crippen LogP contribution in [0.2, 0.25) is 0 Å². The van der Waals surface area contributed by atoms with E-state index in [-0.39, 0.29) is 0 Å². The molecule has 1 aromatic rings. The second kappa shape index (κ2) is 7.39. The molecular weight excluding hydrogens is 236 g/mol. The number of nitrogens with zero attached hydrogens (tertiary/aromatic N) is 1. The van der Waals surface area contributed by atoms with Gasteiger partial charge in [0.2, 0.25) is 0 Å². The zero-order valence-electron chi connectivity index (χ0n) is 12.9. The highest BCUT2D eigenvalue weighted by Crippen LogP contribution is 2.22. The zero-order valence-corrected chi connectivity index (χ0v) is 12.9. The van der Waals surface area contributed by atoms with E-state index in [1.165, 1.54) is 5.56 Å². The third-order valence-corrected chi connectivity index (χ3v) is 3.41. The van der Waals surface area contributed by atoms with Crippen LogP contribution in [-0.2, 0) is 6.42 Å². The topological polar surface area (TPSA) is 38.5 Å². The SMILES string of the molecule is CCc1ccc(N)cc1OCCN(C(C)C)C(C)C. The molecule has 3 heteroatoms. The fraction of sp³-hybridized carbons (Fsp3) is 0.625. The average molecular weight is 264 g/mol. The van der Waals surface area contributed by atoms with Crippen LogP contribution in [0.15, 0.2) is 18.2 Å². The highest BCUT2D eigenvalue weighted by Gasteiger charge is 2.13. The lowest BCUT2D eigenvalue weighted by molar-refractivity contribution is 0.141. The van der Waals surface area contributed by atoms with E-state index in [0.717, 1.165) is 24.4 Å². The standard InChI is InChI=1S/C16H28N2O/c1-6-14-7-8-15(17)11-16(14)19-10-9-18(12(2)3)13(4)5/h7-8,11-13H,6,9-10,17H2,1-5H3. The maximum atomic E-state index is 5.92. The number of nitrogens with two attached hydrogens (primary N) is 1. The molecule has 0 aromatic heterocycles. The van der Waals surface area contributed by atoms with Crippen LogP contribution in [0.4, 0.5) is 5.69 Å². The minimum atomic E-state index is 0.537. The van der Waals surface area contributed by atoms with Crippen LogP contribution in [-0.4, -0.2) is 30.1 Å². The number of nitrogen functional groups attached to an aromatic ring is 1. The lowest BCUT2D eigenvalue weighted by atomic mass is 10.1. The van der Waals surface area contributed by atoms with E-state index in [9.17, 15) is 0 Å². The van der Waals surface area contributed by atoms with Crippen LogP contribution in [0.25, 0.3) is 0 Å². The molecule has 1 aromatic carbocycles. The molecule has 0 aliphatic carbocycles. The summed E-state index contributed by atoms with van der Waals surface area (Å²) in [4.78, 5) is 2.43. The number of aryl methyl sites for hydroxylation is 1. The summed E-state index contributed by atoms with van der Waals surface area (Å²) < 4.78 is 5.92. The fourth-order valence-electron chi connectivity index (χ4n) is 2.37. The van der Waals surface area contributed by atoms with Gasteiger partial charge in [0.15, 0.2) is 0 Å². The molecule has 0 radical (unpaired) electrons. The van der Waals surface area contributed by atoms with Gasteiger partial charge in [0.1, 0.15) is 12.4 Å². The Bertz CT molecular complexity index is 380. The van der Waals surface area contributed by atoms with E-state index < -0.39 is 0 Å². The molecule has 0 saturated heterocycles. The van der Waals surface area contributed by atoms with Gasteiger partial charge in [-0.1, -0.05) is 13.0 Å². The summed E-state index contributed by atoms with van der Waals surface area (Å²) in [7, 11) is 0. The Hall–Kier alpha value is -1.22. The van der Waals surface area contributed by atoms with E-state index in [0.29, 0.717) is 18.7 Å². The summed E-state index contributed by atoms with van der Waals surface area (Å²) in [6, 6.07) is 6.98. The minimum Gasteiger partial charge on any atom is -0.492 e. The van der Waals surface area contributed by atoms with Gasteiger partial charge in [-0.3, -0.25) is 4.90 Å². The van der Waals surface area contributed by atoms with Crippen molar-refractivity contribution in [1.82, 2.24) is 4.90 Å². The number of ether oxygens (including phenoxy) is 1. The smallest absolute Gasteiger partial charge is 0.124 e. The van der Waals surface area contributed by atoms with Crippen molar-refractivity contribution in [2.45, 2.75) is 53.1 Å². The van der Waals surface area contributed by atoms with E-state index >= 15 is 0 Å². The van der Waals surface area contributed by atoms with Crippen molar-refractivity contribution >= 4 is 5.69 Å². The molecule has 0 saturated carbocycles. The second-order valence-electron chi connectivity index (χ2n) is 5.49. The van der Waals surface area contributed by atoms with Gasteiger partial charge in [0.05, 0.1) is 0 Å². The number of benzene rings is 1. The molecule has 0 amide bonds. The quantitative estimate of drug-likeness (QED) is 0.768. The molecular formula is C16H28N2O. The summed E-state index contributed by atoms with van der Waals surface area (Å²) in [5.41, 5.74) is 7.80. The normalized spacial score (nSPS) is 11.6. The van der Waals surface area contributed by atoms with Crippen molar-refractivity contribution in [3.63, 3.8) is 0 Å². The largest absolute Gasteiger partial charge is 0.492 e. The number of anilines is 1. The molecule has 0 aliphatic heterocycles. The molecule has 0 aliphatic rings. The van der Waals surface area contributed by atoms with Crippen molar-refractivity contribution in [3.8, 4) is 5.75 Å². The Labute approximate surface area is 117 Å². The minimum absolute atomic E-state index is 0.537. The molecule has 108 valence electrons. The maximum absolute atomic E-state index is 5.92. The van der Waals surface area contributed by atoms with E-state index in [1.807, 2.05) is 18.2 Å². The zero-order chi connectivity index (χ0) is 14.4. The van der Waals surface area contributed by atoms with E-state index in [4.69, 9.17) is 10.5 Å². The Morgan fingerprint density at radius 3 is 2.32 bits per heavy atom. The Kier molecular flexibility index (Phi) is 6.16. The molecule has 0 fully saturated rings. The maximum Gasteiger partial charge on any atom is 0.124 e. The molecule has 0 atom stereocenters. The van der Waals surface area contributed by atoms with Crippen LogP contribution in [0.5, 0.6) is 5.75 Å². The first kappa shape index (κ1) is 15.8. The second-order valence-corrected chi connectivity index (χ2v) is 5.49. The first-order chi connectivity index (χ1) is 8.95. The van der Waals surface area contributed by atoms with E-state index in [2.05, 4.69) is 39.5 Å². The molecule has 19 heavy (non-hydrogen) atoms. The molecule has 2 N–H and O–H groups in total.